The van der Waals surface area contributed by atoms with Gasteiger partial charge in [0.1, 0.15) is 6.33 Å². The molecule has 5 aromatic rings. The van der Waals surface area contributed by atoms with Gasteiger partial charge in [0.25, 0.3) is 0 Å². The van der Waals surface area contributed by atoms with Crippen molar-refractivity contribution in [2.75, 3.05) is 0 Å². The van der Waals surface area contributed by atoms with Crippen LogP contribution >= 0.6 is 34.8 Å². The molecule has 0 amide bonds. The van der Waals surface area contributed by atoms with Crippen molar-refractivity contribution in [1.82, 2.24) is 29.4 Å². The standard InChI is InChI=1S/C18H9Cl3N6/c19-10-2-1-3-12(6-10)27-16-14(8-23-27)18-25-24-17(26(18)9-22-16)13-5-4-11(20)7-15(13)21/h1-9H. The smallest absolute Gasteiger partial charge is 0.175 e. The number of halogens is 3. The minimum absolute atomic E-state index is 0.492. The minimum Gasteiger partial charge on any atom is -0.264 e. The number of nitrogens with zero attached hydrogens (tertiary/aromatic N) is 6. The summed E-state index contributed by atoms with van der Waals surface area (Å²) in [5.41, 5.74) is 2.83. The number of benzene rings is 2. The molecule has 6 nitrogen and oxygen atoms in total. The third-order valence-corrected chi connectivity index (χ3v) is 4.98. The molecule has 0 aliphatic carbocycles. The summed E-state index contributed by atoms with van der Waals surface area (Å²) >= 11 is 18.4. The average Bonchev–Trinajstić information content (AvgIpc) is 3.25. The molecule has 0 saturated carbocycles. The second kappa shape index (κ2) is 6.20. The van der Waals surface area contributed by atoms with Crippen LogP contribution in [0.1, 0.15) is 0 Å². The molecular formula is C18H9Cl3N6. The molecule has 27 heavy (non-hydrogen) atoms. The Hall–Kier alpha value is -2.67. The van der Waals surface area contributed by atoms with Crippen molar-refractivity contribution < 1.29 is 0 Å². The van der Waals surface area contributed by atoms with E-state index < -0.39 is 0 Å². The number of hydrogen-bond acceptors (Lipinski definition) is 4. The van der Waals surface area contributed by atoms with E-state index in [9.17, 15) is 0 Å². The fourth-order valence-electron chi connectivity index (χ4n) is 2.97. The van der Waals surface area contributed by atoms with E-state index in [1.807, 2.05) is 24.3 Å². The first-order valence-electron chi connectivity index (χ1n) is 7.90. The van der Waals surface area contributed by atoms with E-state index in [0.29, 0.717) is 32.2 Å². The van der Waals surface area contributed by atoms with Gasteiger partial charge >= 0.3 is 0 Å². The lowest BCUT2D eigenvalue weighted by atomic mass is 10.2. The lowest BCUT2D eigenvalue weighted by Crippen LogP contribution is -1.99. The van der Waals surface area contributed by atoms with E-state index in [0.717, 1.165) is 16.6 Å². The molecule has 0 atom stereocenters. The predicted molar refractivity (Wildman–Crippen MR) is 106 cm³/mol. The molecule has 0 unspecified atom stereocenters. The van der Waals surface area contributed by atoms with Crippen LogP contribution in [0.4, 0.5) is 0 Å². The van der Waals surface area contributed by atoms with Crippen LogP contribution in [0.5, 0.6) is 0 Å². The van der Waals surface area contributed by atoms with E-state index in [1.165, 1.54) is 0 Å². The van der Waals surface area contributed by atoms with Crippen molar-refractivity contribution in [2.24, 2.45) is 0 Å². The Morgan fingerprint density at radius 2 is 1.70 bits per heavy atom. The van der Waals surface area contributed by atoms with E-state index >= 15 is 0 Å². The fraction of sp³-hybridized carbons (Fsp3) is 0. The quantitative estimate of drug-likeness (QED) is 0.403. The van der Waals surface area contributed by atoms with Crippen molar-refractivity contribution in [1.29, 1.82) is 0 Å². The summed E-state index contributed by atoms with van der Waals surface area (Å²) in [6.07, 6.45) is 3.36. The molecule has 3 heterocycles. The first-order chi connectivity index (χ1) is 13.1. The third kappa shape index (κ3) is 2.65. The van der Waals surface area contributed by atoms with E-state index in [2.05, 4.69) is 20.3 Å². The summed E-state index contributed by atoms with van der Waals surface area (Å²) in [5.74, 6) is 0.580. The first kappa shape index (κ1) is 16.5. The maximum atomic E-state index is 6.32. The second-order valence-corrected chi connectivity index (χ2v) is 7.14. The fourth-order valence-corrected chi connectivity index (χ4v) is 3.65. The number of aromatic nitrogens is 6. The Morgan fingerprint density at radius 3 is 2.52 bits per heavy atom. The Kier molecular flexibility index (Phi) is 3.79. The maximum absolute atomic E-state index is 6.32. The molecular weight excluding hydrogens is 407 g/mol. The molecule has 0 bridgehead atoms. The maximum Gasteiger partial charge on any atom is 0.175 e. The van der Waals surface area contributed by atoms with Gasteiger partial charge in [0.2, 0.25) is 0 Å². The number of rotatable bonds is 2. The van der Waals surface area contributed by atoms with Crippen molar-refractivity contribution in [3.05, 3.63) is 70.1 Å². The van der Waals surface area contributed by atoms with E-state index in [4.69, 9.17) is 34.8 Å². The zero-order valence-electron chi connectivity index (χ0n) is 13.5. The molecule has 0 aliphatic rings. The summed E-state index contributed by atoms with van der Waals surface area (Å²) in [6, 6.07) is 12.6. The molecule has 0 saturated heterocycles. The summed E-state index contributed by atoms with van der Waals surface area (Å²) in [4.78, 5) is 4.55. The third-order valence-electron chi connectivity index (χ3n) is 4.20. The van der Waals surface area contributed by atoms with Gasteiger partial charge in [-0.25, -0.2) is 9.67 Å². The minimum atomic E-state index is 0.492. The molecule has 9 heteroatoms. The molecule has 0 aliphatic heterocycles. The van der Waals surface area contributed by atoms with Crippen LogP contribution in [-0.4, -0.2) is 29.4 Å². The van der Waals surface area contributed by atoms with Gasteiger partial charge < -0.3 is 0 Å². The highest BCUT2D eigenvalue weighted by molar-refractivity contribution is 6.36. The molecule has 3 aromatic heterocycles. The SMILES string of the molecule is Clc1cccc(-n2ncc3c2ncn2c(-c4ccc(Cl)cc4Cl)nnc32)c1. The molecule has 0 fully saturated rings. The van der Waals surface area contributed by atoms with Crippen molar-refractivity contribution in [3.63, 3.8) is 0 Å². The molecule has 132 valence electrons. The van der Waals surface area contributed by atoms with Crippen LogP contribution in [0.15, 0.2) is 55.0 Å². The molecule has 2 aromatic carbocycles. The van der Waals surface area contributed by atoms with Gasteiger partial charge in [-0.05, 0) is 36.4 Å². The molecule has 0 radical (unpaired) electrons. The van der Waals surface area contributed by atoms with Gasteiger partial charge in [0, 0.05) is 15.6 Å². The van der Waals surface area contributed by atoms with Gasteiger partial charge in [-0.15, -0.1) is 10.2 Å². The summed E-state index contributed by atoms with van der Waals surface area (Å²) in [5, 5.41) is 15.5. The van der Waals surface area contributed by atoms with Crippen LogP contribution in [-0.2, 0) is 0 Å². The molecule has 5 rings (SSSR count). The number of hydrogen-bond donors (Lipinski definition) is 0. The lowest BCUT2D eigenvalue weighted by Gasteiger charge is -2.05. The Labute approximate surface area is 167 Å². The van der Waals surface area contributed by atoms with Gasteiger partial charge in [-0.1, -0.05) is 40.9 Å². The average molecular weight is 416 g/mol. The highest BCUT2D eigenvalue weighted by Gasteiger charge is 2.17. The Morgan fingerprint density at radius 1 is 0.852 bits per heavy atom. The first-order valence-corrected chi connectivity index (χ1v) is 9.04. The van der Waals surface area contributed by atoms with Gasteiger partial charge in [0.15, 0.2) is 17.1 Å². The topological polar surface area (TPSA) is 60.9 Å². The van der Waals surface area contributed by atoms with E-state index in [1.54, 1.807) is 39.8 Å². The zero-order valence-corrected chi connectivity index (χ0v) is 15.8. The predicted octanol–water partition coefficient (Wildman–Crippen LogP) is 5.09. The zero-order chi connectivity index (χ0) is 18.5. The Balaban J connectivity index is 1.73. The van der Waals surface area contributed by atoms with Crippen molar-refractivity contribution >= 4 is 51.5 Å². The van der Waals surface area contributed by atoms with Crippen molar-refractivity contribution in [2.45, 2.75) is 0 Å². The van der Waals surface area contributed by atoms with E-state index in [-0.39, 0.29) is 0 Å². The van der Waals surface area contributed by atoms with Crippen LogP contribution in [0.2, 0.25) is 15.1 Å². The highest BCUT2D eigenvalue weighted by Crippen LogP contribution is 2.30. The van der Waals surface area contributed by atoms with Crippen LogP contribution in [0.25, 0.3) is 33.8 Å². The van der Waals surface area contributed by atoms with Crippen LogP contribution in [0, 0.1) is 0 Å². The van der Waals surface area contributed by atoms with Gasteiger partial charge in [-0.3, -0.25) is 4.40 Å². The van der Waals surface area contributed by atoms with Gasteiger partial charge in [0.05, 0.1) is 22.3 Å². The molecule has 0 spiro atoms. The summed E-state index contributed by atoms with van der Waals surface area (Å²) in [6.45, 7) is 0. The Bertz CT molecular complexity index is 1320. The van der Waals surface area contributed by atoms with Crippen molar-refractivity contribution in [3.8, 4) is 17.1 Å². The second-order valence-electron chi connectivity index (χ2n) is 5.86. The highest BCUT2D eigenvalue weighted by atomic mass is 35.5. The molecule has 0 N–H and O–H groups in total. The van der Waals surface area contributed by atoms with Crippen LogP contribution in [0.3, 0.4) is 0 Å². The van der Waals surface area contributed by atoms with Gasteiger partial charge in [-0.2, -0.15) is 5.10 Å². The van der Waals surface area contributed by atoms with Crippen LogP contribution < -0.4 is 0 Å². The lowest BCUT2D eigenvalue weighted by molar-refractivity contribution is 0.893. The summed E-state index contributed by atoms with van der Waals surface area (Å²) in [7, 11) is 0. The normalized spacial score (nSPS) is 11.5. The largest absolute Gasteiger partial charge is 0.264 e. The monoisotopic (exact) mass is 414 g/mol. The summed E-state index contributed by atoms with van der Waals surface area (Å²) < 4.78 is 3.49. The number of fused-ring (bicyclic) bond motifs is 3.